The number of benzene rings is 8. The first kappa shape index (κ1) is 78.5. The van der Waals surface area contributed by atoms with Crippen molar-refractivity contribution in [1.82, 2.24) is 64.8 Å². The van der Waals surface area contributed by atoms with Crippen LogP contribution in [0.2, 0.25) is 0 Å². The van der Waals surface area contributed by atoms with Gasteiger partial charge < -0.3 is 50.3 Å². The Labute approximate surface area is 643 Å². The Morgan fingerprint density at radius 3 is 1.87 bits per heavy atom. The van der Waals surface area contributed by atoms with Crippen molar-refractivity contribution in [2.24, 2.45) is 7.05 Å². The van der Waals surface area contributed by atoms with Crippen molar-refractivity contribution in [1.29, 1.82) is 0 Å². The van der Waals surface area contributed by atoms with Gasteiger partial charge in [-0.3, -0.25) is 23.7 Å². The second kappa shape index (κ2) is 34.2. The number of para-hydroxylation sites is 1. The van der Waals surface area contributed by atoms with Gasteiger partial charge in [-0.15, -0.1) is 25.5 Å². The van der Waals surface area contributed by atoms with Crippen molar-refractivity contribution in [3.05, 3.63) is 227 Å². The molecule has 0 radical (unpaired) electrons. The number of carbonyl (C=O) groups is 3. The number of hydrogen-bond donors (Lipinski definition) is 4. The number of methoxy groups -OCH3 is 3. The highest BCUT2D eigenvalue weighted by Crippen LogP contribution is 2.41. The summed E-state index contributed by atoms with van der Waals surface area (Å²) in [7, 11) is 2.90. The molecule has 574 valence electrons. The molecular formula is C84H82F3N15O9S. The summed E-state index contributed by atoms with van der Waals surface area (Å²) in [5.41, 5.74) is 23.4. The number of nitrogens with two attached hydrogens (primary N) is 2. The zero-order valence-corrected chi connectivity index (χ0v) is 63.9. The van der Waals surface area contributed by atoms with E-state index >= 15 is 0 Å². The molecule has 112 heavy (non-hydrogen) atoms. The summed E-state index contributed by atoms with van der Waals surface area (Å²) in [4.78, 5) is 57.7. The third-order valence-electron chi connectivity index (χ3n) is 19.3. The maximum absolute atomic E-state index is 14.8. The van der Waals surface area contributed by atoms with Gasteiger partial charge in [-0.25, -0.2) is 26.6 Å². The molecule has 1 fully saturated rings. The number of ether oxygens (including phenoxy) is 3. The molecule has 6 N–H and O–H groups in total. The molecule has 0 unspecified atom stereocenters. The van der Waals surface area contributed by atoms with Gasteiger partial charge in [-0.2, -0.15) is 5.10 Å². The summed E-state index contributed by atoms with van der Waals surface area (Å²) in [6.45, 7) is 12.7. The van der Waals surface area contributed by atoms with Crippen molar-refractivity contribution in [2.45, 2.75) is 71.7 Å². The molecule has 7 heterocycles. The minimum absolute atomic E-state index is 0.0329. The van der Waals surface area contributed by atoms with Crippen molar-refractivity contribution < 1.29 is 50.2 Å². The SMILES string of the molecule is CCCNC(=O)c1nnc2c(-c3c(F)cccc3OC)cccc2c1N.CCCNC(=O)c1nnc2c(-c3cc(C)ccc3OC)cccc2c1N.CCn1cnc2c(-c3ccc(F)c(-c4ccc(S(=O)(=O)CC)cc4OC)c3)cnnc21.Cn1c2ccc(F)cc2c2c(C(=O)N3CCCC3)cn(-c3ccccc3)c(=O)c21. The van der Waals surface area contributed by atoms with Crippen LogP contribution >= 0.6 is 0 Å². The molecule has 24 nitrogen and oxygen atoms in total. The summed E-state index contributed by atoms with van der Waals surface area (Å²) in [5.74, 6) is -0.729. The number of aryl methyl sites for hydroxylation is 3. The number of halogens is 3. The van der Waals surface area contributed by atoms with Crippen LogP contribution < -0.4 is 41.9 Å². The van der Waals surface area contributed by atoms with Gasteiger partial charge in [-0.1, -0.05) is 99.1 Å². The van der Waals surface area contributed by atoms with E-state index in [1.807, 2.05) is 104 Å². The molecule has 0 saturated carbocycles. The van der Waals surface area contributed by atoms with E-state index in [0.29, 0.717) is 121 Å². The lowest BCUT2D eigenvalue weighted by atomic mass is 9.98. The van der Waals surface area contributed by atoms with Gasteiger partial charge in [0.25, 0.3) is 23.3 Å². The topological polar surface area (TPSA) is 314 Å². The lowest BCUT2D eigenvalue weighted by molar-refractivity contribution is 0.0793. The van der Waals surface area contributed by atoms with Crippen LogP contribution in [0.15, 0.2) is 186 Å². The lowest BCUT2D eigenvalue weighted by Gasteiger charge is -2.17. The summed E-state index contributed by atoms with van der Waals surface area (Å²) in [5, 5.41) is 32.6. The molecular weight excluding hydrogens is 1450 g/mol. The molecule has 0 spiro atoms. The molecule has 0 aliphatic carbocycles. The zero-order valence-electron chi connectivity index (χ0n) is 63.1. The van der Waals surface area contributed by atoms with E-state index < -0.39 is 27.3 Å². The highest BCUT2D eigenvalue weighted by Gasteiger charge is 2.29. The van der Waals surface area contributed by atoms with Crippen molar-refractivity contribution in [3.8, 4) is 67.4 Å². The average Bonchev–Trinajstić information content (AvgIpc) is 1.57. The molecule has 6 aromatic heterocycles. The van der Waals surface area contributed by atoms with Crippen LogP contribution in [0.3, 0.4) is 0 Å². The van der Waals surface area contributed by atoms with E-state index in [4.69, 9.17) is 25.7 Å². The van der Waals surface area contributed by atoms with Gasteiger partial charge in [0, 0.05) is 112 Å². The number of sulfone groups is 1. The molecule has 14 aromatic rings. The molecule has 15 rings (SSSR count). The number of nitrogens with zero attached hydrogens (tertiary/aromatic N) is 11. The van der Waals surface area contributed by atoms with Gasteiger partial charge in [0.15, 0.2) is 26.9 Å². The lowest BCUT2D eigenvalue weighted by Crippen LogP contribution is -2.30. The first-order valence-corrected chi connectivity index (χ1v) is 37.9. The van der Waals surface area contributed by atoms with E-state index in [2.05, 4.69) is 46.2 Å². The largest absolute Gasteiger partial charge is 0.496 e. The van der Waals surface area contributed by atoms with Crippen LogP contribution in [0.25, 0.3) is 105 Å². The number of likely N-dealkylation sites (tertiary alicyclic amines) is 1. The molecule has 1 aliphatic rings. The standard InChI is InChI=1S/C23H20FN3O2.C22H21FN4O3S.C20H22N4O2.C19H19FN4O2/c1-25-19-10-9-15(24)13-17(19)20-18(22(28)26-11-5-6-12-26)14-27(23(29)21(20)25)16-7-3-2-4-8-16;1-4-27-13-24-21-18(12-25-26-22(21)27)14-6-9-19(23)17(10-14)16-8-7-15(11-20(16)30-3)31(28,29)5-2;1-4-10-22-20(25)19-17(21)14-7-5-6-13(18(14)23-24-19)15-11-12(2)8-9-16(15)26-3;1-3-10-22-19(25)18-16(21)12-7-4-6-11(17(12)23-24-18)15-13(20)8-5-9-14(15)26-2/h2-4,7-10,13-14H,5-6,11-12H2,1H3;6-13H,4-5H2,1-3H3;5-9,11H,4,10H2,1-3H3,(H2,21,23)(H,22,25);4-9H,3,10H2,1-2H3,(H2,21,23)(H,22,25). The third-order valence-corrected chi connectivity index (χ3v) is 21.0. The number of nitrogen functional groups attached to an aromatic ring is 2. The first-order valence-electron chi connectivity index (χ1n) is 36.3. The van der Waals surface area contributed by atoms with E-state index in [9.17, 15) is 40.8 Å². The number of amides is 3. The number of rotatable bonds is 18. The van der Waals surface area contributed by atoms with Crippen molar-refractivity contribution >= 4 is 93.7 Å². The van der Waals surface area contributed by atoms with Crippen molar-refractivity contribution in [3.63, 3.8) is 0 Å². The van der Waals surface area contributed by atoms with Gasteiger partial charge in [0.05, 0.1) is 67.0 Å². The second-order valence-electron chi connectivity index (χ2n) is 26.3. The average molecular weight is 1530 g/mol. The van der Waals surface area contributed by atoms with Crippen LogP contribution in [-0.4, -0.2) is 134 Å². The number of pyridine rings is 1. The molecule has 0 bridgehead atoms. The summed E-state index contributed by atoms with van der Waals surface area (Å²) >= 11 is 0. The summed E-state index contributed by atoms with van der Waals surface area (Å²) < 4.78 is 89.2. The molecule has 0 atom stereocenters. The normalized spacial score (nSPS) is 11.9. The Bertz CT molecular complexity index is 6110. The zero-order chi connectivity index (χ0) is 79.7. The smallest absolute Gasteiger partial charge is 0.279 e. The van der Waals surface area contributed by atoms with Crippen LogP contribution in [0, 0.1) is 24.4 Å². The number of imidazole rings is 1. The maximum Gasteiger partial charge on any atom is 0.279 e. The molecule has 3 amide bonds. The Balaban J connectivity index is 0.000000139. The van der Waals surface area contributed by atoms with Gasteiger partial charge in [-0.05, 0) is 130 Å². The van der Waals surface area contributed by atoms with E-state index in [1.54, 1.807) is 99.0 Å². The minimum atomic E-state index is -3.42. The number of nitrogens with one attached hydrogen (secondary N) is 2. The van der Waals surface area contributed by atoms with Crippen LogP contribution in [0.5, 0.6) is 17.2 Å². The minimum Gasteiger partial charge on any atom is -0.496 e. The fourth-order valence-electron chi connectivity index (χ4n) is 13.5. The number of fused-ring (bicyclic) bond motifs is 6. The Kier molecular flexibility index (Phi) is 24.0. The molecule has 28 heteroatoms. The first-order chi connectivity index (χ1) is 54.1. The van der Waals surface area contributed by atoms with E-state index in [0.717, 1.165) is 59.2 Å². The number of carbonyl (C=O) groups excluding carboxylic acids is 3. The van der Waals surface area contributed by atoms with E-state index in [1.165, 1.54) is 55.2 Å². The maximum atomic E-state index is 14.8. The van der Waals surface area contributed by atoms with E-state index in [-0.39, 0.29) is 67.9 Å². The van der Waals surface area contributed by atoms with Gasteiger partial charge in [0.2, 0.25) is 0 Å². The second-order valence-corrected chi connectivity index (χ2v) is 28.6. The monoisotopic (exact) mass is 1530 g/mol. The quantitative estimate of drug-likeness (QED) is 0.0620. The Morgan fingerprint density at radius 2 is 1.23 bits per heavy atom. The Morgan fingerprint density at radius 1 is 0.589 bits per heavy atom. The Hall–Kier alpha value is -13.1. The summed E-state index contributed by atoms with van der Waals surface area (Å²) in [6, 6.07) is 44.2. The fourth-order valence-corrected chi connectivity index (χ4v) is 14.4. The molecule has 1 aliphatic heterocycles. The van der Waals surface area contributed by atoms with Crippen molar-refractivity contribution in [2.75, 3.05) is 64.7 Å². The number of aromatic nitrogens is 10. The molecule has 8 aromatic carbocycles. The third kappa shape index (κ3) is 15.7. The predicted octanol–water partition coefficient (Wildman–Crippen LogP) is 14.5. The van der Waals surface area contributed by atoms with Crippen LogP contribution in [0.4, 0.5) is 24.5 Å². The highest BCUT2D eigenvalue weighted by molar-refractivity contribution is 7.91. The predicted molar refractivity (Wildman–Crippen MR) is 429 cm³/mol. The highest BCUT2D eigenvalue weighted by atomic mass is 32.2. The van der Waals surface area contributed by atoms with Crippen LogP contribution in [-0.2, 0) is 23.4 Å². The molecule has 1 saturated heterocycles. The summed E-state index contributed by atoms with van der Waals surface area (Å²) in [6.07, 6.45) is 8.48. The van der Waals surface area contributed by atoms with Gasteiger partial charge in [0.1, 0.15) is 56.8 Å². The van der Waals surface area contributed by atoms with Crippen LogP contribution in [0.1, 0.15) is 90.3 Å². The van der Waals surface area contributed by atoms with Gasteiger partial charge >= 0.3 is 0 Å². The number of hydrogen-bond acceptors (Lipinski definition) is 18. The fraction of sp³-hybridized carbons (Fsp3) is 0.226. The number of anilines is 2.